The molecule has 0 radical (unpaired) electrons. The first-order chi connectivity index (χ1) is 12.7. The van der Waals surface area contributed by atoms with Crippen LogP contribution in [0.5, 0.6) is 0 Å². The Morgan fingerprint density at radius 2 is 1.77 bits per heavy atom. The number of nitrogens with one attached hydrogen (secondary N) is 1. The van der Waals surface area contributed by atoms with Crippen LogP contribution < -0.4 is 11.1 Å². The summed E-state index contributed by atoms with van der Waals surface area (Å²) in [6.45, 7) is 0. The van der Waals surface area contributed by atoms with Gasteiger partial charge in [0, 0.05) is 0 Å². The summed E-state index contributed by atoms with van der Waals surface area (Å²) in [6.07, 6.45) is 4.13. The first-order valence-electron chi connectivity index (χ1n) is 8.43. The van der Waals surface area contributed by atoms with Crippen molar-refractivity contribution in [3.05, 3.63) is 58.3 Å². The average Bonchev–Trinajstić information content (AvgIpc) is 3.08. The van der Waals surface area contributed by atoms with Gasteiger partial charge >= 0.3 is 158 Å². The number of aryl methyl sites for hydroxylation is 2. The van der Waals surface area contributed by atoms with Gasteiger partial charge in [0.2, 0.25) is 0 Å². The molecule has 0 bridgehead atoms. The summed E-state index contributed by atoms with van der Waals surface area (Å²) >= 11 is 0.00729. The SMILES string of the molecule is Nc1ccc(CCCCc2nnc(NC(=O)Cc3ccccc3)[se]2)nn1. The number of benzene rings is 1. The molecule has 134 valence electrons. The van der Waals surface area contributed by atoms with Gasteiger partial charge in [0.05, 0.1) is 0 Å². The van der Waals surface area contributed by atoms with Gasteiger partial charge in [0.25, 0.3) is 0 Å². The van der Waals surface area contributed by atoms with E-state index in [0.29, 0.717) is 16.9 Å². The van der Waals surface area contributed by atoms with E-state index in [1.165, 1.54) is 0 Å². The Bertz CT molecular complexity index is 834. The number of nitrogens with two attached hydrogens (primary N) is 1. The molecule has 0 aliphatic rings. The monoisotopic (exact) mass is 416 g/mol. The number of carbonyl (C=O) groups excluding carboxylic acids is 1. The summed E-state index contributed by atoms with van der Waals surface area (Å²) in [5.74, 6) is 0.394. The molecule has 2 aromatic heterocycles. The molecule has 1 aromatic carbocycles. The molecule has 0 spiro atoms. The zero-order valence-electron chi connectivity index (χ0n) is 14.3. The van der Waals surface area contributed by atoms with E-state index in [1.54, 1.807) is 6.07 Å². The molecule has 26 heavy (non-hydrogen) atoms. The number of unbranched alkanes of at least 4 members (excludes halogenated alkanes) is 1. The molecule has 8 heteroatoms. The summed E-state index contributed by atoms with van der Waals surface area (Å²) in [5.41, 5.74) is 7.46. The van der Waals surface area contributed by atoms with E-state index in [1.807, 2.05) is 36.4 Å². The van der Waals surface area contributed by atoms with E-state index in [-0.39, 0.29) is 20.4 Å². The Morgan fingerprint density at radius 3 is 2.54 bits per heavy atom. The van der Waals surface area contributed by atoms with E-state index in [0.717, 1.165) is 41.5 Å². The van der Waals surface area contributed by atoms with Gasteiger partial charge in [0.1, 0.15) is 0 Å². The van der Waals surface area contributed by atoms with E-state index >= 15 is 0 Å². The molecule has 3 aromatic rings. The van der Waals surface area contributed by atoms with Gasteiger partial charge in [0.15, 0.2) is 0 Å². The number of aromatic nitrogens is 4. The van der Waals surface area contributed by atoms with Crippen LogP contribution in [0.25, 0.3) is 0 Å². The van der Waals surface area contributed by atoms with Crippen molar-refractivity contribution in [2.24, 2.45) is 0 Å². The molecule has 0 saturated heterocycles. The Balaban J connectivity index is 1.40. The summed E-state index contributed by atoms with van der Waals surface area (Å²) in [6, 6.07) is 13.3. The Kier molecular flexibility index (Phi) is 6.46. The third kappa shape index (κ3) is 5.75. The van der Waals surface area contributed by atoms with Crippen LogP contribution in [0, 0.1) is 0 Å². The maximum atomic E-state index is 12.1. The number of hydrogen-bond acceptors (Lipinski definition) is 6. The Morgan fingerprint density at radius 1 is 0.962 bits per heavy atom. The van der Waals surface area contributed by atoms with Gasteiger partial charge in [-0.15, -0.1) is 0 Å². The van der Waals surface area contributed by atoms with Gasteiger partial charge in [-0.2, -0.15) is 0 Å². The standard InChI is InChI=1S/C18H20N6OSe/c19-15-11-10-14(21-22-15)8-4-5-9-17-23-24-18(26-17)20-16(25)12-13-6-2-1-3-7-13/h1-3,6-7,10-11H,4-5,8-9,12H2,(H2,19,22)(H,20,24,25). The van der Waals surface area contributed by atoms with E-state index in [2.05, 4.69) is 25.7 Å². The summed E-state index contributed by atoms with van der Waals surface area (Å²) in [4.78, 5) is 12.1. The molecule has 0 aliphatic carbocycles. The molecule has 3 N–H and O–H groups in total. The second kappa shape index (κ2) is 9.22. The molecule has 3 rings (SSSR count). The molecular formula is C18H20N6OSe. The van der Waals surface area contributed by atoms with Crippen molar-refractivity contribution >= 4 is 30.9 Å². The van der Waals surface area contributed by atoms with Gasteiger partial charge < -0.3 is 0 Å². The molecule has 7 nitrogen and oxygen atoms in total. The molecule has 0 saturated carbocycles. The molecule has 0 unspecified atom stereocenters. The predicted molar refractivity (Wildman–Crippen MR) is 101 cm³/mol. The Labute approximate surface area is 157 Å². The van der Waals surface area contributed by atoms with Crippen molar-refractivity contribution in [1.82, 2.24) is 20.4 Å². The number of amides is 1. The van der Waals surface area contributed by atoms with Crippen molar-refractivity contribution in [1.29, 1.82) is 0 Å². The van der Waals surface area contributed by atoms with Crippen LogP contribution in [0.4, 0.5) is 10.5 Å². The number of nitrogens with zero attached hydrogens (tertiary/aromatic N) is 4. The zero-order chi connectivity index (χ0) is 18.2. The maximum absolute atomic E-state index is 12.1. The van der Waals surface area contributed by atoms with Crippen LogP contribution in [0.1, 0.15) is 28.7 Å². The topological polar surface area (TPSA) is 107 Å². The molecule has 0 aliphatic heterocycles. The summed E-state index contributed by atoms with van der Waals surface area (Å²) in [5, 5.41) is 19.1. The van der Waals surface area contributed by atoms with Crippen LogP contribution in [0.3, 0.4) is 0 Å². The van der Waals surface area contributed by atoms with Crippen molar-refractivity contribution in [3.63, 3.8) is 0 Å². The van der Waals surface area contributed by atoms with Crippen molar-refractivity contribution in [3.8, 4) is 0 Å². The third-order valence-corrected chi connectivity index (χ3v) is 5.62. The van der Waals surface area contributed by atoms with E-state index in [9.17, 15) is 4.79 Å². The first kappa shape index (κ1) is 18.2. The van der Waals surface area contributed by atoms with Gasteiger partial charge in [-0.05, 0) is 0 Å². The minimum absolute atomic E-state index is 0.00729. The third-order valence-electron chi connectivity index (χ3n) is 3.73. The van der Waals surface area contributed by atoms with Crippen LogP contribution in [0.2, 0.25) is 0 Å². The quantitative estimate of drug-likeness (QED) is 0.428. The van der Waals surface area contributed by atoms with Crippen molar-refractivity contribution < 1.29 is 4.79 Å². The summed E-state index contributed by atoms with van der Waals surface area (Å²) < 4.78 is 1.76. The number of nitrogen functional groups attached to an aromatic ring is 1. The zero-order valence-corrected chi connectivity index (χ0v) is 16.0. The molecule has 2 heterocycles. The van der Waals surface area contributed by atoms with Crippen LogP contribution in [0.15, 0.2) is 42.5 Å². The summed E-state index contributed by atoms with van der Waals surface area (Å²) in [7, 11) is 0. The van der Waals surface area contributed by atoms with E-state index < -0.39 is 0 Å². The molecule has 0 atom stereocenters. The van der Waals surface area contributed by atoms with Crippen molar-refractivity contribution in [2.75, 3.05) is 11.1 Å². The van der Waals surface area contributed by atoms with Crippen molar-refractivity contribution in [2.45, 2.75) is 32.1 Å². The number of carbonyl (C=O) groups is 1. The van der Waals surface area contributed by atoms with Crippen LogP contribution in [-0.2, 0) is 24.1 Å². The van der Waals surface area contributed by atoms with Crippen LogP contribution >= 0.6 is 0 Å². The number of hydrogen-bond donors (Lipinski definition) is 2. The fourth-order valence-corrected chi connectivity index (χ4v) is 4.11. The normalized spacial score (nSPS) is 10.6. The predicted octanol–water partition coefficient (Wildman–Crippen LogP) is 1.65. The number of anilines is 2. The number of rotatable bonds is 8. The van der Waals surface area contributed by atoms with Crippen LogP contribution in [-0.4, -0.2) is 40.8 Å². The molecule has 0 fully saturated rings. The second-order valence-electron chi connectivity index (χ2n) is 5.87. The first-order valence-corrected chi connectivity index (χ1v) is 10.1. The van der Waals surface area contributed by atoms with Gasteiger partial charge in [-0.1, -0.05) is 0 Å². The fraction of sp³-hybridized carbons (Fsp3) is 0.278. The fourth-order valence-electron chi connectivity index (χ4n) is 2.44. The average molecular weight is 415 g/mol. The molecule has 1 amide bonds. The second-order valence-corrected chi connectivity index (χ2v) is 8.10. The minimum atomic E-state index is -0.0461. The van der Waals surface area contributed by atoms with Gasteiger partial charge in [-0.25, -0.2) is 0 Å². The Hall–Kier alpha value is -2.57. The van der Waals surface area contributed by atoms with E-state index in [4.69, 9.17) is 5.73 Å². The molecular weight excluding hydrogens is 395 g/mol. The van der Waals surface area contributed by atoms with Gasteiger partial charge in [-0.3, -0.25) is 0 Å².